The SMILES string of the molecule is Cc1ccccc1CS(=O)(=O)N1CCN(C2CC2)c2ccccc21. The summed E-state index contributed by atoms with van der Waals surface area (Å²) in [6.45, 7) is 3.26. The molecule has 2 aromatic rings. The van der Waals surface area contributed by atoms with Crippen molar-refractivity contribution in [2.45, 2.75) is 31.6 Å². The molecule has 5 heteroatoms. The van der Waals surface area contributed by atoms with Crippen LogP contribution in [0.1, 0.15) is 24.0 Å². The van der Waals surface area contributed by atoms with E-state index in [4.69, 9.17) is 0 Å². The van der Waals surface area contributed by atoms with Crippen LogP contribution < -0.4 is 9.21 Å². The molecule has 0 N–H and O–H groups in total. The van der Waals surface area contributed by atoms with E-state index in [1.165, 1.54) is 12.8 Å². The molecule has 4 rings (SSSR count). The number of fused-ring (bicyclic) bond motifs is 1. The molecule has 1 fully saturated rings. The second kappa shape index (κ2) is 5.81. The highest BCUT2D eigenvalue weighted by molar-refractivity contribution is 7.92. The fourth-order valence-electron chi connectivity index (χ4n) is 3.46. The third kappa shape index (κ3) is 2.77. The fraction of sp³-hybridized carbons (Fsp3) is 0.368. The fourth-order valence-corrected chi connectivity index (χ4v) is 5.14. The Morgan fingerprint density at radius 2 is 1.62 bits per heavy atom. The molecular formula is C19H22N2O2S. The summed E-state index contributed by atoms with van der Waals surface area (Å²) in [5.41, 5.74) is 3.77. The molecule has 0 amide bonds. The average molecular weight is 342 g/mol. The molecule has 2 aromatic carbocycles. The van der Waals surface area contributed by atoms with Crippen LogP contribution in [0.5, 0.6) is 0 Å². The van der Waals surface area contributed by atoms with Gasteiger partial charge in [0.05, 0.1) is 23.7 Å². The quantitative estimate of drug-likeness (QED) is 0.856. The summed E-state index contributed by atoms with van der Waals surface area (Å²) in [6, 6.07) is 16.2. The first-order valence-electron chi connectivity index (χ1n) is 8.47. The Morgan fingerprint density at radius 3 is 2.33 bits per heavy atom. The van der Waals surface area contributed by atoms with Gasteiger partial charge in [0.25, 0.3) is 0 Å². The highest BCUT2D eigenvalue weighted by Gasteiger charge is 2.37. The molecule has 24 heavy (non-hydrogen) atoms. The van der Waals surface area contributed by atoms with E-state index >= 15 is 0 Å². The smallest absolute Gasteiger partial charge is 0.239 e. The molecule has 1 heterocycles. The molecular weight excluding hydrogens is 320 g/mol. The summed E-state index contributed by atoms with van der Waals surface area (Å²) in [5, 5.41) is 0. The molecule has 0 atom stereocenters. The minimum atomic E-state index is -3.39. The van der Waals surface area contributed by atoms with Gasteiger partial charge in [0.2, 0.25) is 10.0 Å². The van der Waals surface area contributed by atoms with Crippen LogP contribution in [0.25, 0.3) is 0 Å². The lowest BCUT2D eigenvalue weighted by molar-refractivity contribution is 0.587. The van der Waals surface area contributed by atoms with E-state index in [-0.39, 0.29) is 5.75 Å². The highest BCUT2D eigenvalue weighted by Crippen LogP contribution is 2.41. The minimum absolute atomic E-state index is 0.0530. The third-order valence-corrected chi connectivity index (χ3v) is 6.65. The predicted octanol–water partition coefficient (Wildman–Crippen LogP) is 3.31. The summed E-state index contributed by atoms with van der Waals surface area (Å²) in [5.74, 6) is 0.0530. The van der Waals surface area contributed by atoms with E-state index in [0.29, 0.717) is 12.6 Å². The van der Waals surface area contributed by atoms with Crippen molar-refractivity contribution in [3.63, 3.8) is 0 Å². The maximum Gasteiger partial charge on any atom is 0.239 e. The zero-order chi connectivity index (χ0) is 16.7. The van der Waals surface area contributed by atoms with Gasteiger partial charge in [0.15, 0.2) is 0 Å². The first-order valence-corrected chi connectivity index (χ1v) is 10.1. The molecule has 0 spiro atoms. The molecule has 0 saturated heterocycles. The molecule has 126 valence electrons. The molecule has 0 unspecified atom stereocenters. The van der Waals surface area contributed by atoms with Gasteiger partial charge in [-0.2, -0.15) is 0 Å². The summed E-state index contributed by atoms with van der Waals surface area (Å²) < 4.78 is 27.7. The van der Waals surface area contributed by atoms with Crippen LogP contribution in [0, 0.1) is 6.92 Å². The lowest BCUT2D eigenvalue weighted by atomic mass is 10.1. The number of aryl methyl sites for hydroxylation is 1. The molecule has 1 aliphatic heterocycles. The number of hydrogen-bond donors (Lipinski definition) is 0. The van der Waals surface area contributed by atoms with Gasteiger partial charge in [0.1, 0.15) is 0 Å². The van der Waals surface area contributed by atoms with Crippen LogP contribution in [-0.2, 0) is 15.8 Å². The summed E-state index contributed by atoms with van der Waals surface area (Å²) in [4.78, 5) is 2.37. The van der Waals surface area contributed by atoms with Gasteiger partial charge < -0.3 is 4.90 Å². The number of para-hydroxylation sites is 2. The zero-order valence-electron chi connectivity index (χ0n) is 13.9. The van der Waals surface area contributed by atoms with Crippen molar-refractivity contribution in [3.05, 3.63) is 59.7 Å². The highest BCUT2D eigenvalue weighted by atomic mass is 32.2. The Kier molecular flexibility index (Phi) is 3.76. The lowest BCUT2D eigenvalue weighted by Crippen LogP contribution is -2.45. The maximum absolute atomic E-state index is 13.1. The molecule has 4 nitrogen and oxygen atoms in total. The molecule has 0 radical (unpaired) electrons. The van der Waals surface area contributed by atoms with Gasteiger partial charge in [0, 0.05) is 12.6 Å². The Balaban J connectivity index is 1.68. The van der Waals surface area contributed by atoms with Gasteiger partial charge >= 0.3 is 0 Å². The Hall–Kier alpha value is -2.01. The summed E-state index contributed by atoms with van der Waals surface area (Å²) in [7, 11) is -3.39. The van der Waals surface area contributed by atoms with Gasteiger partial charge in [-0.3, -0.25) is 4.31 Å². The molecule has 0 bridgehead atoms. The number of nitrogens with zero attached hydrogens (tertiary/aromatic N) is 2. The van der Waals surface area contributed by atoms with Crippen molar-refractivity contribution in [2.75, 3.05) is 22.3 Å². The summed E-state index contributed by atoms with van der Waals surface area (Å²) >= 11 is 0. The topological polar surface area (TPSA) is 40.6 Å². The number of hydrogen-bond acceptors (Lipinski definition) is 3. The monoisotopic (exact) mass is 342 g/mol. The van der Waals surface area contributed by atoms with E-state index in [9.17, 15) is 8.42 Å². The van der Waals surface area contributed by atoms with Crippen molar-refractivity contribution < 1.29 is 8.42 Å². The number of benzene rings is 2. The van der Waals surface area contributed by atoms with Gasteiger partial charge in [-0.25, -0.2) is 8.42 Å². The maximum atomic E-state index is 13.1. The van der Waals surface area contributed by atoms with Crippen LogP contribution in [-0.4, -0.2) is 27.5 Å². The van der Waals surface area contributed by atoms with Crippen LogP contribution in [0.4, 0.5) is 11.4 Å². The van der Waals surface area contributed by atoms with Crippen molar-refractivity contribution >= 4 is 21.4 Å². The summed E-state index contributed by atoms with van der Waals surface area (Å²) in [6.07, 6.45) is 2.43. The third-order valence-electron chi connectivity index (χ3n) is 4.93. The molecule has 0 aromatic heterocycles. The Labute approximate surface area is 143 Å². The average Bonchev–Trinajstić information content (AvgIpc) is 3.40. The van der Waals surface area contributed by atoms with Crippen LogP contribution in [0.2, 0.25) is 0 Å². The first-order chi connectivity index (χ1) is 11.6. The van der Waals surface area contributed by atoms with E-state index in [1.54, 1.807) is 4.31 Å². The second-order valence-corrected chi connectivity index (χ2v) is 8.56. The lowest BCUT2D eigenvalue weighted by Gasteiger charge is -2.38. The normalized spacial score (nSPS) is 17.7. The van der Waals surface area contributed by atoms with E-state index < -0.39 is 10.0 Å². The predicted molar refractivity (Wildman–Crippen MR) is 98.0 cm³/mol. The van der Waals surface area contributed by atoms with E-state index in [2.05, 4.69) is 4.90 Å². The van der Waals surface area contributed by atoms with Crippen LogP contribution >= 0.6 is 0 Å². The second-order valence-electron chi connectivity index (χ2n) is 6.67. The van der Waals surface area contributed by atoms with Gasteiger partial charge in [-0.1, -0.05) is 36.4 Å². The number of rotatable bonds is 4. The van der Waals surface area contributed by atoms with Crippen molar-refractivity contribution in [1.82, 2.24) is 0 Å². The first kappa shape index (κ1) is 15.5. The van der Waals surface area contributed by atoms with Gasteiger partial charge in [-0.15, -0.1) is 0 Å². The number of anilines is 2. The van der Waals surface area contributed by atoms with E-state index in [1.807, 2.05) is 55.5 Å². The largest absolute Gasteiger partial charge is 0.365 e. The van der Waals surface area contributed by atoms with Gasteiger partial charge in [-0.05, 0) is 43.0 Å². The Bertz CT molecular complexity index is 859. The van der Waals surface area contributed by atoms with Crippen molar-refractivity contribution in [1.29, 1.82) is 0 Å². The van der Waals surface area contributed by atoms with Crippen molar-refractivity contribution in [2.24, 2.45) is 0 Å². The standard InChI is InChI=1S/C19H22N2O2S/c1-15-6-2-3-7-16(15)14-24(22,23)21-13-12-20(17-10-11-17)18-8-4-5-9-19(18)21/h2-9,17H,10-14H2,1H3. The van der Waals surface area contributed by atoms with Crippen molar-refractivity contribution in [3.8, 4) is 0 Å². The minimum Gasteiger partial charge on any atom is -0.365 e. The van der Waals surface area contributed by atoms with Crippen LogP contribution in [0.3, 0.4) is 0 Å². The molecule has 1 aliphatic carbocycles. The molecule has 1 saturated carbocycles. The molecule has 2 aliphatic rings. The van der Waals surface area contributed by atoms with Crippen LogP contribution in [0.15, 0.2) is 48.5 Å². The van der Waals surface area contributed by atoms with E-state index in [0.717, 1.165) is 29.0 Å². The zero-order valence-corrected chi connectivity index (χ0v) is 14.7. The number of sulfonamides is 1. The Morgan fingerprint density at radius 1 is 0.958 bits per heavy atom.